The van der Waals surface area contributed by atoms with E-state index < -0.39 is 12.0 Å². The second-order valence-electron chi connectivity index (χ2n) is 11.8. The van der Waals surface area contributed by atoms with E-state index in [1.807, 2.05) is 47.5 Å². The van der Waals surface area contributed by atoms with E-state index in [0.717, 1.165) is 97.5 Å². The van der Waals surface area contributed by atoms with E-state index in [1.165, 1.54) is 0 Å². The number of likely N-dealkylation sites (tertiary alicyclic amines) is 1. The molecular weight excluding hydrogens is 590 g/mol. The Morgan fingerprint density at radius 3 is 2.82 bits per heavy atom. The molecular formula is C35H40ClN5O4. The molecule has 2 fully saturated rings. The van der Waals surface area contributed by atoms with Crippen LogP contribution in [0.1, 0.15) is 36.8 Å². The van der Waals surface area contributed by atoms with E-state index in [9.17, 15) is 9.90 Å². The molecule has 4 heterocycles. The molecule has 0 saturated carbocycles. The summed E-state index contributed by atoms with van der Waals surface area (Å²) in [6, 6.07) is 15.7. The number of anilines is 2. The second-order valence-corrected chi connectivity index (χ2v) is 12.2. The minimum absolute atomic E-state index is 0.442. The third-order valence-corrected chi connectivity index (χ3v) is 9.06. The van der Waals surface area contributed by atoms with Crippen LogP contribution in [-0.4, -0.2) is 82.9 Å². The van der Waals surface area contributed by atoms with Gasteiger partial charge in [-0.25, -0.2) is 4.98 Å². The second kappa shape index (κ2) is 14.6. The molecule has 0 bridgehead atoms. The standard InChI is InChI=1S/C35H40ClN5O4/c1-24-28(26-9-10-29(36)32(21-26)45-17-5-13-40-15-18-44-19-16-40)6-4-7-30(24)39-34-33-27(11-12-37-34)20-25(22-38-33)23-41-14-3-2-8-31(41)35(42)43/h4,6-7,9-12,20-22,31H,2-3,5,8,13-19,23H2,1H3,(H,37,39)(H,42,43). The third kappa shape index (κ3) is 7.56. The van der Waals surface area contributed by atoms with E-state index in [4.69, 9.17) is 26.1 Å². The average Bonchev–Trinajstić information content (AvgIpc) is 3.05. The Hall–Kier alpha value is -3.76. The predicted octanol–water partition coefficient (Wildman–Crippen LogP) is 6.54. The quantitative estimate of drug-likeness (QED) is 0.179. The van der Waals surface area contributed by atoms with E-state index in [-0.39, 0.29) is 0 Å². The van der Waals surface area contributed by atoms with Gasteiger partial charge in [0, 0.05) is 49.6 Å². The number of hydrogen-bond donors (Lipinski definition) is 2. The Labute approximate surface area is 269 Å². The number of carboxylic acid groups (broad SMARTS) is 1. The average molecular weight is 630 g/mol. The van der Waals surface area contributed by atoms with Crippen molar-refractivity contribution in [3.05, 3.63) is 77.1 Å². The van der Waals surface area contributed by atoms with Gasteiger partial charge in [0.25, 0.3) is 0 Å². The first kappa shape index (κ1) is 31.2. The van der Waals surface area contributed by atoms with E-state index >= 15 is 0 Å². The summed E-state index contributed by atoms with van der Waals surface area (Å²) in [5.41, 5.74) is 5.85. The summed E-state index contributed by atoms with van der Waals surface area (Å²) in [6.07, 6.45) is 7.19. The molecule has 9 nitrogen and oxygen atoms in total. The lowest BCUT2D eigenvalue weighted by atomic mass is 9.99. The van der Waals surface area contributed by atoms with Gasteiger partial charge in [-0.05, 0) is 85.3 Å². The Morgan fingerprint density at radius 1 is 1.11 bits per heavy atom. The molecule has 0 amide bonds. The number of rotatable bonds is 11. The molecule has 2 N–H and O–H groups in total. The smallest absolute Gasteiger partial charge is 0.320 e. The summed E-state index contributed by atoms with van der Waals surface area (Å²) < 4.78 is 11.6. The number of nitrogens with one attached hydrogen (secondary N) is 1. The van der Waals surface area contributed by atoms with Crippen LogP contribution in [0.5, 0.6) is 5.75 Å². The fourth-order valence-corrected chi connectivity index (χ4v) is 6.44. The first-order valence-corrected chi connectivity index (χ1v) is 16.1. The van der Waals surface area contributed by atoms with Crippen molar-refractivity contribution in [3.63, 3.8) is 0 Å². The van der Waals surface area contributed by atoms with Crippen LogP contribution in [0.15, 0.2) is 60.9 Å². The summed E-state index contributed by atoms with van der Waals surface area (Å²) in [5.74, 6) is 0.600. The van der Waals surface area contributed by atoms with Crippen molar-refractivity contribution in [2.75, 3.05) is 51.3 Å². The van der Waals surface area contributed by atoms with Gasteiger partial charge in [0.2, 0.25) is 0 Å². The van der Waals surface area contributed by atoms with Gasteiger partial charge in [-0.15, -0.1) is 0 Å². The minimum Gasteiger partial charge on any atom is -0.492 e. The highest BCUT2D eigenvalue weighted by atomic mass is 35.5. The molecule has 0 aliphatic carbocycles. The van der Waals surface area contributed by atoms with Crippen molar-refractivity contribution < 1.29 is 19.4 Å². The van der Waals surface area contributed by atoms with Gasteiger partial charge in [0.05, 0.1) is 24.8 Å². The number of carboxylic acids is 1. The summed E-state index contributed by atoms with van der Waals surface area (Å²) in [5, 5.41) is 14.7. The molecule has 2 saturated heterocycles. The topological polar surface area (TPSA) is 100 Å². The van der Waals surface area contributed by atoms with Crippen molar-refractivity contribution in [1.82, 2.24) is 19.8 Å². The molecule has 1 unspecified atom stereocenters. The Balaban J connectivity index is 1.16. The molecule has 2 aromatic carbocycles. The van der Waals surface area contributed by atoms with Gasteiger partial charge in [-0.3, -0.25) is 19.6 Å². The van der Waals surface area contributed by atoms with Gasteiger partial charge in [-0.1, -0.05) is 36.2 Å². The molecule has 0 radical (unpaired) electrons. The van der Waals surface area contributed by atoms with Gasteiger partial charge < -0.3 is 19.9 Å². The SMILES string of the molecule is Cc1c(Nc2nccc3cc(CN4CCCCC4C(=O)O)cnc23)cccc1-c1ccc(Cl)c(OCCCN2CCOCC2)c1. The number of halogens is 1. The Bertz CT molecular complexity index is 1640. The van der Waals surface area contributed by atoms with E-state index in [0.29, 0.717) is 36.2 Å². The maximum Gasteiger partial charge on any atom is 0.320 e. The summed E-state index contributed by atoms with van der Waals surface area (Å²) in [7, 11) is 0. The number of pyridine rings is 2. The normalized spacial score (nSPS) is 17.8. The highest BCUT2D eigenvalue weighted by Gasteiger charge is 2.28. The lowest BCUT2D eigenvalue weighted by Crippen LogP contribution is -2.44. The van der Waals surface area contributed by atoms with E-state index in [2.05, 4.69) is 34.3 Å². The number of aromatic nitrogens is 2. The van der Waals surface area contributed by atoms with Crippen LogP contribution >= 0.6 is 11.6 Å². The van der Waals surface area contributed by atoms with Crippen LogP contribution in [0.25, 0.3) is 22.0 Å². The first-order valence-electron chi connectivity index (χ1n) is 15.8. The lowest BCUT2D eigenvalue weighted by Gasteiger charge is -2.32. The molecule has 0 spiro atoms. The maximum atomic E-state index is 11.8. The molecule has 1 atom stereocenters. The largest absolute Gasteiger partial charge is 0.492 e. The molecule has 236 valence electrons. The number of fused-ring (bicyclic) bond motifs is 1. The zero-order valence-corrected chi connectivity index (χ0v) is 26.4. The van der Waals surface area contributed by atoms with Gasteiger partial charge in [-0.2, -0.15) is 0 Å². The van der Waals surface area contributed by atoms with Gasteiger partial charge >= 0.3 is 5.97 Å². The molecule has 2 aromatic heterocycles. The van der Waals surface area contributed by atoms with Crippen LogP contribution in [0.3, 0.4) is 0 Å². The molecule has 10 heteroatoms. The summed E-state index contributed by atoms with van der Waals surface area (Å²) in [4.78, 5) is 25.6. The van der Waals surface area contributed by atoms with Crippen molar-refractivity contribution in [1.29, 1.82) is 0 Å². The van der Waals surface area contributed by atoms with Crippen molar-refractivity contribution in [2.45, 2.75) is 45.2 Å². The van der Waals surface area contributed by atoms with Crippen LogP contribution in [0.2, 0.25) is 5.02 Å². The number of ether oxygens (including phenoxy) is 2. The number of aliphatic carboxylic acids is 1. The van der Waals surface area contributed by atoms with Crippen LogP contribution in [-0.2, 0) is 16.1 Å². The fourth-order valence-electron chi connectivity index (χ4n) is 6.27. The highest BCUT2D eigenvalue weighted by molar-refractivity contribution is 6.32. The molecule has 4 aromatic rings. The van der Waals surface area contributed by atoms with Gasteiger partial charge in [0.15, 0.2) is 5.82 Å². The lowest BCUT2D eigenvalue weighted by molar-refractivity contribution is -0.144. The minimum atomic E-state index is -0.751. The van der Waals surface area contributed by atoms with Crippen LogP contribution in [0.4, 0.5) is 11.5 Å². The first-order chi connectivity index (χ1) is 22.0. The summed E-state index contributed by atoms with van der Waals surface area (Å²) in [6.45, 7) is 8.55. The zero-order chi connectivity index (χ0) is 31.2. The van der Waals surface area contributed by atoms with Crippen LogP contribution in [0, 0.1) is 6.92 Å². The van der Waals surface area contributed by atoms with Crippen LogP contribution < -0.4 is 10.1 Å². The molecule has 2 aliphatic rings. The predicted molar refractivity (Wildman–Crippen MR) is 178 cm³/mol. The Kier molecular flexibility index (Phi) is 10.1. The highest BCUT2D eigenvalue weighted by Crippen LogP contribution is 2.35. The zero-order valence-electron chi connectivity index (χ0n) is 25.7. The number of morpholine rings is 1. The van der Waals surface area contributed by atoms with Crippen molar-refractivity contribution in [3.8, 4) is 16.9 Å². The van der Waals surface area contributed by atoms with E-state index in [1.54, 1.807) is 6.20 Å². The van der Waals surface area contributed by atoms with Crippen molar-refractivity contribution in [2.24, 2.45) is 0 Å². The molecule has 2 aliphatic heterocycles. The number of carbonyl (C=O) groups is 1. The number of piperidine rings is 1. The maximum absolute atomic E-state index is 11.8. The monoisotopic (exact) mass is 629 g/mol. The molecule has 45 heavy (non-hydrogen) atoms. The Morgan fingerprint density at radius 2 is 1.98 bits per heavy atom. The van der Waals surface area contributed by atoms with Crippen molar-refractivity contribution >= 4 is 40.0 Å². The fraction of sp³-hybridized carbons (Fsp3) is 0.400. The number of hydrogen-bond acceptors (Lipinski definition) is 8. The van der Waals surface area contributed by atoms with Gasteiger partial charge in [0.1, 0.15) is 17.3 Å². The molecule has 6 rings (SSSR count). The third-order valence-electron chi connectivity index (χ3n) is 8.75. The number of benzene rings is 2. The number of nitrogens with zero attached hydrogens (tertiary/aromatic N) is 4. The summed E-state index contributed by atoms with van der Waals surface area (Å²) >= 11 is 6.52.